The molecule has 0 aliphatic heterocycles. The molecule has 0 bridgehead atoms. The van der Waals surface area contributed by atoms with E-state index >= 15 is 0 Å². The molecule has 2 N–H and O–H groups in total. The standard InChI is InChI=1S/C28H21NO3/c30-25-13-7-5-10-22(25)20-14-16-21(17-15-20)26-23-11-4-6-12-24(23)29(27(26)28(31)32)18-19-8-2-1-3-9-19/h1-17,30H,18H2,(H,31,32). The van der Waals surface area contributed by atoms with Gasteiger partial charge in [0.2, 0.25) is 0 Å². The van der Waals surface area contributed by atoms with Crippen LogP contribution >= 0.6 is 0 Å². The highest BCUT2D eigenvalue weighted by atomic mass is 16.4. The van der Waals surface area contributed by atoms with Gasteiger partial charge in [-0.25, -0.2) is 4.79 Å². The van der Waals surface area contributed by atoms with Crippen LogP contribution in [-0.2, 0) is 6.54 Å². The smallest absolute Gasteiger partial charge is 0.353 e. The fourth-order valence-electron chi connectivity index (χ4n) is 4.28. The van der Waals surface area contributed by atoms with E-state index in [1.165, 1.54) is 0 Å². The summed E-state index contributed by atoms with van der Waals surface area (Å²) in [5.74, 6) is -0.747. The molecule has 0 aliphatic carbocycles. The Balaban J connectivity index is 1.68. The Kier molecular flexibility index (Phi) is 4.96. The second-order valence-corrected chi connectivity index (χ2v) is 7.71. The minimum atomic E-state index is -0.961. The number of aromatic hydroxyl groups is 1. The van der Waals surface area contributed by atoms with Crippen LogP contribution in [0, 0.1) is 0 Å². The fourth-order valence-corrected chi connectivity index (χ4v) is 4.28. The molecule has 0 unspecified atom stereocenters. The molecule has 156 valence electrons. The van der Waals surface area contributed by atoms with Gasteiger partial charge in [-0.1, -0.05) is 91.0 Å². The van der Waals surface area contributed by atoms with Crippen LogP contribution < -0.4 is 0 Å². The number of para-hydroxylation sites is 2. The Bertz CT molecular complexity index is 1420. The van der Waals surface area contributed by atoms with E-state index in [-0.39, 0.29) is 11.4 Å². The van der Waals surface area contributed by atoms with E-state index in [0.29, 0.717) is 12.1 Å². The number of nitrogens with zero attached hydrogens (tertiary/aromatic N) is 1. The van der Waals surface area contributed by atoms with Gasteiger partial charge in [-0.05, 0) is 28.8 Å². The first-order valence-corrected chi connectivity index (χ1v) is 10.4. The summed E-state index contributed by atoms with van der Waals surface area (Å²) >= 11 is 0. The van der Waals surface area contributed by atoms with Gasteiger partial charge in [0.15, 0.2) is 0 Å². The lowest BCUT2D eigenvalue weighted by molar-refractivity contribution is 0.0687. The second-order valence-electron chi connectivity index (χ2n) is 7.71. The summed E-state index contributed by atoms with van der Waals surface area (Å²) in [5, 5.41) is 21.3. The van der Waals surface area contributed by atoms with Crippen molar-refractivity contribution in [3.05, 3.63) is 114 Å². The van der Waals surface area contributed by atoms with Gasteiger partial charge in [-0.3, -0.25) is 0 Å². The molecule has 4 heteroatoms. The van der Waals surface area contributed by atoms with Crippen molar-refractivity contribution < 1.29 is 15.0 Å². The maximum Gasteiger partial charge on any atom is 0.353 e. The number of phenolic OH excluding ortho intramolecular Hbond substituents is 1. The summed E-state index contributed by atoms with van der Waals surface area (Å²) in [7, 11) is 0. The number of phenols is 1. The quantitative estimate of drug-likeness (QED) is 0.345. The number of fused-ring (bicyclic) bond motifs is 1. The molecule has 0 amide bonds. The lowest BCUT2D eigenvalue weighted by Gasteiger charge is -2.10. The number of carboxylic acid groups (broad SMARTS) is 1. The van der Waals surface area contributed by atoms with E-state index in [1.807, 2.05) is 95.6 Å². The number of carboxylic acids is 1. The summed E-state index contributed by atoms with van der Waals surface area (Å²) in [4.78, 5) is 12.5. The van der Waals surface area contributed by atoms with Crippen molar-refractivity contribution in [2.24, 2.45) is 0 Å². The van der Waals surface area contributed by atoms with Crippen LogP contribution in [0.15, 0.2) is 103 Å². The molecule has 0 radical (unpaired) electrons. The average molecular weight is 419 g/mol. The van der Waals surface area contributed by atoms with Gasteiger partial charge in [0.05, 0.1) is 0 Å². The van der Waals surface area contributed by atoms with E-state index < -0.39 is 5.97 Å². The topological polar surface area (TPSA) is 62.5 Å². The van der Waals surface area contributed by atoms with Crippen molar-refractivity contribution in [3.63, 3.8) is 0 Å². The van der Waals surface area contributed by atoms with Gasteiger partial charge in [0.1, 0.15) is 11.4 Å². The van der Waals surface area contributed by atoms with Gasteiger partial charge >= 0.3 is 5.97 Å². The van der Waals surface area contributed by atoms with Crippen LogP contribution in [0.3, 0.4) is 0 Å². The molecule has 1 aromatic heterocycles. The number of aromatic carboxylic acids is 1. The summed E-state index contributed by atoms with van der Waals surface area (Å²) in [5.41, 5.74) is 5.33. The van der Waals surface area contributed by atoms with Gasteiger partial charge in [0, 0.05) is 28.6 Å². The van der Waals surface area contributed by atoms with Crippen molar-refractivity contribution in [3.8, 4) is 28.0 Å². The van der Waals surface area contributed by atoms with Gasteiger partial charge in [0.25, 0.3) is 0 Å². The Morgan fingerprint density at radius 1 is 0.719 bits per heavy atom. The van der Waals surface area contributed by atoms with Crippen molar-refractivity contribution in [2.45, 2.75) is 6.54 Å². The lowest BCUT2D eigenvalue weighted by atomic mass is 9.98. The number of hydrogen-bond acceptors (Lipinski definition) is 2. The molecule has 5 aromatic rings. The fraction of sp³-hybridized carbons (Fsp3) is 0.0357. The predicted molar refractivity (Wildman–Crippen MR) is 127 cm³/mol. The molecular formula is C28H21NO3. The Hall–Kier alpha value is -4.31. The molecule has 0 fully saturated rings. The zero-order chi connectivity index (χ0) is 22.1. The van der Waals surface area contributed by atoms with Crippen LogP contribution in [0.5, 0.6) is 5.75 Å². The molecule has 5 rings (SSSR count). The Morgan fingerprint density at radius 3 is 2.06 bits per heavy atom. The number of hydrogen-bond donors (Lipinski definition) is 2. The SMILES string of the molecule is O=C(O)c1c(-c2ccc(-c3ccccc3O)cc2)c2ccccc2n1Cc1ccccc1. The molecule has 0 aliphatic rings. The normalized spacial score (nSPS) is 11.0. The molecule has 4 nitrogen and oxygen atoms in total. The molecule has 4 aromatic carbocycles. The molecule has 0 saturated heterocycles. The first-order chi connectivity index (χ1) is 15.6. The summed E-state index contributed by atoms with van der Waals surface area (Å²) < 4.78 is 1.87. The third-order valence-corrected chi connectivity index (χ3v) is 5.75. The van der Waals surface area contributed by atoms with Gasteiger partial charge < -0.3 is 14.8 Å². The summed E-state index contributed by atoms with van der Waals surface area (Å²) in [6.07, 6.45) is 0. The van der Waals surface area contributed by atoms with E-state index in [4.69, 9.17) is 0 Å². The Morgan fingerprint density at radius 2 is 1.34 bits per heavy atom. The summed E-state index contributed by atoms with van der Waals surface area (Å²) in [6, 6.07) is 32.5. The molecule has 0 atom stereocenters. The number of benzene rings is 4. The Labute approximate surface area is 185 Å². The van der Waals surface area contributed by atoms with Gasteiger partial charge in [-0.2, -0.15) is 0 Å². The highest BCUT2D eigenvalue weighted by Crippen LogP contribution is 2.37. The minimum Gasteiger partial charge on any atom is -0.507 e. The molecule has 0 spiro atoms. The zero-order valence-electron chi connectivity index (χ0n) is 17.3. The number of carbonyl (C=O) groups is 1. The molecule has 0 saturated carbocycles. The van der Waals surface area contributed by atoms with Gasteiger partial charge in [-0.15, -0.1) is 0 Å². The van der Waals surface area contributed by atoms with Crippen molar-refractivity contribution in [1.29, 1.82) is 0 Å². The largest absolute Gasteiger partial charge is 0.507 e. The predicted octanol–water partition coefficient (Wildman–Crippen LogP) is 6.43. The van der Waals surface area contributed by atoms with E-state index in [0.717, 1.165) is 33.2 Å². The lowest BCUT2D eigenvalue weighted by Crippen LogP contribution is -2.10. The van der Waals surface area contributed by atoms with E-state index in [1.54, 1.807) is 12.1 Å². The molecular weight excluding hydrogens is 398 g/mol. The van der Waals surface area contributed by atoms with E-state index in [2.05, 4.69) is 0 Å². The molecule has 1 heterocycles. The van der Waals surface area contributed by atoms with Crippen molar-refractivity contribution in [1.82, 2.24) is 4.57 Å². The average Bonchev–Trinajstić information content (AvgIpc) is 3.15. The first kappa shape index (κ1) is 19.6. The van der Waals surface area contributed by atoms with Crippen LogP contribution in [0.4, 0.5) is 0 Å². The maximum atomic E-state index is 12.5. The highest BCUT2D eigenvalue weighted by Gasteiger charge is 2.23. The second kappa shape index (κ2) is 8.08. The third-order valence-electron chi connectivity index (χ3n) is 5.75. The first-order valence-electron chi connectivity index (χ1n) is 10.4. The minimum absolute atomic E-state index is 0.214. The van der Waals surface area contributed by atoms with Crippen molar-refractivity contribution in [2.75, 3.05) is 0 Å². The van der Waals surface area contributed by atoms with E-state index in [9.17, 15) is 15.0 Å². The number of aromatic nitrogens is 1. The third kappa shape index (κ3) is 3.42. The van der Waals surface area contributed by atoms with Crippen LogP contribution in [0.25, 0.3) is 33.2 Å². The van der Waals surface area contributed by atoms with Crippen LogP contribution in [0.1, 0.15) is 16.1 Å². The maximum absolute atomic E-state index is 12.5. The number of rotatable bonds is 5. The zero-order valence-corrected chi connectivity index (χ0v) is 17.3. The van der Waals surface area contributed by atoms with Crippen molar-refractivity contribution >= 4 is 16.9 Å². The van der Waals surface area contributed by atoms with Crippen LogP contribution in [-0.4, -0.2) is 20.7 Å². The molecule has 32 heavy (non-hydrogen) atoms. The summed E-state index contributed by atoms with van der Waals surface area (Å²) in [6.45, 7) is 0.471. The highest BCUT2D eigenvalue weighted by molar-refractivity contribution is 6.08. The van der Waals surface area contributed by atoms with Crippen LogP contribution in [0.2, 0.25) is 0 Å². The monoisotopic (exact) mass is 419 g/mol.